The van der Waals surface area contributed by atoms with E-state index in [2.05, 4.69) is 5.32 Å². The number of piperidine rings is 1. The molecule has 0 spiro atoms. The van der Waals surface area contributed by atoms with Gasteiger partial charge in [0.1, 0.15) is 0 Å². The number of amides is 1. The second-order valence-electron chi connectivity index (χ2n) is 8.18. The van der Waals surface area contributed by atoms with Crippen LogP contribution >= 0.6 is 0 Å². The molecule has 0 bridgehead atoms. The largest absolute Gasteiger partial charge is 0.352 e. The van der Waals surface area contributed by atoms with E-state index in [1.165, 1.54) is 0 Å². The quantitative estimate of drug-likeness (QED) is 0.810. The van der Waals surface area contributed by atoms with Crippen LogP contribution in [0.2, 0.25) is 0 Å². The van der Waals surface area contributed by atoms with Gasteiger partial charge in [-0.25, -0.2) is 8.42 Å². The highest BCUT2D eigenvalue weighted by molar-refractivity contribution is 7.89. The lowest BCUT2D eigenvalue weighted by molar-refractivity contribution is 0.0941. The summed E-state index contributed by atoms with van der Waals surface area (Å²) in [6, 6.07) is 11.3. The molecular formula is C23H30N2O3S. The molecule has 29 heavy (non-hydrogen) atoms. The highest BCUT2D eigenvalue weighted by Gasteiger charge is 2.32. The van der Waals surface area contributed by atoms with E-state index >= 15 is 0 Å². The summed E-state index contributed by atoms with van der Waals surface area (Å²) in [7, 11) is -3.55. The van der Waals surface area contributed by atoms with Crippen molar-refractivity contribution in [2.24, 2.45) is 5.92 Å². The van der Waals surface area contributed by atoms with Crippen LogP contribution < -0.4 is 5.32 Å². The van der Waals surface area contributed by atoms with Crippen molar-refractivity contribution >= 4 is 15.9 Å². The van der Waals surface area contributed by atoms with E-state index in [4.69, 9.17) is 0 Å². The molecule has 156 valence electrons. The number of carbonyl (C=O) groups excluding carboxylic acids is 1. The molecule has 0 saturated carbocycles. The summed E-state index contributed by atoms with van der Waals surface area (Å²) in [4.78, 5) is 12.8. The van der Waals surface area contributed by atoms with Gasteiger partial charge in [-0.05, 0) is 69.7 Å². The third-order valence-corrected chi connectivity index (χ3v) is 7.72. The zero-order valence-corrected chi connectivity index (χ0v) is 18.5. The minimum absolute atomic E-state index is 0.110. The van der Waals surface area contributed by atoms with Gasteiger partial charge in [0.05, 0.1) is 4.90 Å². The summed E-state index contributed by atoms with van der Waals surface area (Å²) in [5, 5.41) is 2.97. The van der Waals surface area contributed by atoms with Crippen LogP contribution in [0.1, 0.15) is 45.5 Å². The molecule has 1 unspecified atom stereocenters. The van der Waals surface area contributed by atoms with E-state index in [9.17, 15) is 13.2 Å². The highest BCUT2D eigenvalue weighted by Crippen LogP contribution is 2.28. The number of carbonyl (C=O) groups is 1. The molecule has 0 aliphatic carbocycles. The minimum Gasteiger partial charge on any atom is -0.352 e. The van der Waals surface area contributed by atoms with E-state index in [1.54, 1.807) is 4.31 Å². The number of hydrogen-bond donors (Lipinski definition) is 1. The van der Waals surface area contributed by atoms with E-state index in [1.807, 2.05) is 64.1 Å². The Labute approximate surface area is 174 Å². The van der Waals surface area contributed by atoms with Gasteiger partial charge in [0.2, 0.25) is 10.0 Å². The SMILES string of the molecule is Cc1ccc(C(=O)NCC2CCCN(S(=O)(=O)c3c(C)cc(C)cc3C)C2)cc1. The number of aryl methyl sites for hydroxylation is 4. The van der Waals surface area contributed by atoms with Crippen LogP contribution in [0.5, 0.6) is 0 Å². The zero-order valence-electron chi connectivity index (χ0n) is 17.7. The fourth-order valence-corrected chi connectivity index (χ4v) is 6.12. The highest BCUT2D eigenvalue weighted by atomic mass is 32.2. The normalized spacial score (nSPS) is 17.9. The summed E-state index contributed by atoms with van der Waals surface area (Å²) >= 11 is 0. The first-order valence-corrected chi connectivity index (χ1v) is 11.6. The Bertz CT molecular complexity index is 974. The lowest BCUT2D eigenvalue weighted by Crippen LogP contribution is -2.44. The maximum absolute atomic E-state index is 13.3. The van der Waals surface area contributed by atoms with Gasteiger partial charge < -0.3 is 5.32 Å². The molecule has 1 saturated heterocycles. The Morgan fingerprint density at radius 3 is 2.28 bits per heavy atom. The smallest absolute Gasteiger partial charge is 0.251 e. The third kappa shape index (κ3) is 4.87. The summed E-state index contributed by atoms with van der Waals surface area (Å²) in [5.41, 5.74) is 4.38. The maximum Gasteiger partial charge on any atom is 0.251 e. The lowest BCUT2D eigenvalue weighted by Gasteiger charge is -2.32. The van der Waals surface area contributed by atoms with E-state index in [0.717, 1.165) is 35.1 Å². The van der Waals surface area contributed by atoms with Gasteiger partial charge in [0, 0.05) is 25.2 Å². The first-order chi connectivity index (χ1) is 13.7. The first-order valence-electron chi connectivity index (χ1n) is 10.1. The first kappa shape index (κ1) is 21.5. The monoisotopic (exact) mass is 414 g/mol. The average molecular weight is 415 g/mol. The van der Waals surface area contributed by atoms with Gasteiger partial charge in [-0.3, -0.25) is 4.79 Å². The van der Waals surface area contributed by atoms with Gasteiger partial charge in [-0.2, -0.15) is 4.31 Å². The van der Waals surface area contributed by atoms with Crippen LogP contribution in [-0.4, -0.2) is 38.3 Å². The van der Waals surface area contributed by atoms with Crippen LogP contribution in [-0.2, 0) is 10.0 Å². The number of nitrogens with one attached hydrogen (secondary N) is 1. The minimum atomic E-state index is -3.55. The molecule has 5 nitrogen and oxygen atoms in total. The van der Waals surface area contributed by atoms with Crippen LogP contribution in [0.25, 0.3) is 0 Å². The lowest BCUT2D eigenvalue weighted by atomic mass is 9.99. The fraction of sp³-hybridized carbons (Fsp3) is 0.435. The number of rotatable bonds is 5. The van der Waals surface area contributed by atoms with Gasteiger partial charge >= 0.3 is 0 Å². The van der Waals surface area contributed by atoms with Crippen LogP contribution in [0.3, 0.4) is 0 Å². The van der Waals surface area contributed by atoms with Crippen molar-refractivity contribution < 1.29 is 13.2 Å². The second-order valence-corrected chi connectivity index (χ2v) is 10.0. The number of hydrogen-bond acceptors (Lipinski definition) is 3. The topological polar surface area (TPSA) is 66.5 Å². The molecule has 1 fully saturated rings. The van der Waals surface area contributed by atoms with Gasteiger partial charge in [0.15, 0.2) is 0 Å². The second kappa shape index (κ2) is 8.67. The summed E-state index contributed by atoms with van der Waals surface area (Å²) in [5.74, 6) is -0.00538. The molecule has 6 heteroatoms. The van der Waals surface area contributed by atoms with E-state index < -0.39 is 10.0 Å². The Morgan fingerprint density at radius 2 is 1.66 bits per heavy atom. The van der Waals surface area contributed by atoms with E-state index in [0.29, 0.717) is 30.1 Å². The zero-order chi connectivity index (χ0) is 21.2. The molecule has 2 aromatic rings. The number of nitrogens with zero attached hydrogens (tertiary/aromatic N) is 1. The van der Waals surface area contributed by atoms with Gasteiger partial charge in [0.25, 0.3) is 5.91 Å². The standard InChI is InChI=1S/C23H30N2O3S/c1-16-7-9-21(10-8-16)23(26)24-14-20-6-5-11-25(15-20)29(27,28)22-18(3)12-17(2)13-19(22)4/h7-10,12-13,20H,5-6,11,14-15H2,1-4H3,(H,24,26). The predicted molar refractivity (Wildman–Crippen MR) is 116 cm³/mol. The number of benzene rings is 2. The van der Waals surface area contributed by atoms with Gasteiger partial charge in [-0.15, -0.1) is 0 Å². The molecule has 1 aliphatic heterocycles. The molecule has 1 N–H and O–H groups in total. The Hall–Kier alpha value is -2.18. The van der Waals surface area contributed by atoms with Crippen molar-refractivity contribution in [2.45, 2.75) is 45.4 Å². The molecule has 3 rings (SSSR count). The Morgan fingerprint density at radius 1 is 1.03 bits per heavy atom. The summed E-state index contributed by atoms with van der Waals surface area (Å²) in [6.07, 6.45) is 1.71. The molecule has 1 atom stereocenters. The predicted octanol–water partition coefficient (Wildman–Crippen LogP) is 3.75. The molecular weight excluding hydrogens is 384 g/mol. The van der Waals surface area contributed by atoms with Gasteiger partial charge in [-0.1, -0.05) is 35.4 Å². The molecule has 1 amide bonds. The summed E-state index contributed by atoms with van der Waals surface area (Å²) in [6.45, 7) is 9.11. The van der Waals surface area contributed by atoms with Crippen LogP contribution in [0, 0.1) is 33.6 Å². The van der Waals surface area contributed by atoms with Crippen LogP contribution in [0.15, 0.2) is 41.3 Å². The van der Waals surface area contributed by atoms with Crippen molar-refractivity contribution in [3.05, 3.63) is 64.2 Å². The average Bonchev–Trinajstić information content (AvgIpc) is 2.66. The van der Waals surface area contributed by atoms with Crippen molar-refractivity contribution in [1.82, 2.24) is 9.62 Å². The number of sulfonamides is 1. The molecule has 1 heterocycles. The molecule has 1 aliphatic rings. The molecule has 0 radical (unpaired) electrons. The summed E-state index contributed by atoms with van der Waals surface area (Å²) < 4.78 is 28.2. The fourth-order valence-electron chi connectivity index (χ4n) is 4.16. The van der Waals surface area contributed by atoms with Crippen molar-refractivity contribution in [3.63, 3.8) is 0 Å². The molecule has 2 aromatic carbocycles. The Balaban J connectivity index is 1.69. The third-order valence-electron chi connectivity index (χ3n) is 5.55. The van der Waals surface area contributed by atoms with Crippen molar-refractivity contribution in [1.29, 1.82) is 0 Å². The Kier molecular flexibility index (Phi) is 6.44. The van der Waals surface area contributed by atoms with Crippen molar-refractivity contribution in [3.8, 4) is 0 Å². The van der Waals surface area contributed by atoms with Crippen molar-refractivity contribution in [2.75, 3.05) is 19.6 Å². The van der Waals surface area contributed by atoms with E-state index in [-0.39, 0.29) is 11.8 Å². The maximum atomic E-state index is 13.3. The molecule has 0 aromatic heterocycles. The van der Waals surface area contributed by atoms with Crippen LogP contribution in [0.4, 0.5) is 0 Å².